The Morgan fingerprint density at radius 1 is 1.33 bits per heavy atom. The molecule has 1 aromatic rings. The molecule has 0 bridgehead atoms. The van der Waals surface area contributed by atoms with Crippen molar-refractivity contribution in [2.24, 2.45) is 5.41 Å². The molecule has 0 saturated heterocycles. The highest BCUT2D eigenvalue weighted by atomic mass is 79.9. The van der Waals surface area contributed by atoms with Crippen molar-refractivity contribution in [3.63, 3.8) is 0 Å². The highest BCUT2D eigenvalue weighted by Gasteiger charge is 2.41. The van der Waals surface area contributed by atoms with Gasteiger partial charge in [-0.05, 0) is 58.8 Å². The summed E-state index contributed by atoms with van der Waals surface area (Å²) in [6.07, 6.45) is -1.41. The molecule has 0 spiro atoms. The van der Waals surface area contributed by atoms with Gasteiger partial charge in [0.1, 0.15) is 0 Å². The van der Waals surface area contributed by atoms with E-state index >= 15 is 0 Å². The molecule has 2 nitrogen and oxygen atoms in total. The molecular formula is C14H14Br2F3NO. The van der Waals surface area contributed by atoms with Crippen molar-refractivity contribution in [3.8, 4) is 0 Å². The van der Waals surface area contributed by atoms with Gasteiger partial charge in [-0.1, -0.05) is 15.9 Å². The normalized spacial score (nSPS) is 16.6. The minimum atomic E-state index is -4.45. The van der Waals surface area contributed by atoms with Gasteiger partial charge < -0.3 is 5.32 Å². The highest BCUT2D eigenvalue weighted by Crippen LogP contribution is 2.48. The Morgan fingerprint density at radius 2 is 2.00 bits per heavy atom. The van der Waals surface area contributed by atoms with Crippen LogP contribution in [0.15, 0.2) is 22.7 Å². The van der Waals surface area contributed by atoms with E-state index in [-0.39, 0.29) is 11.0 Å². The molecule has 0 aliphatic heterocycles. The van der Waals surface area contributed by atoms with E-state index < -0.39 is 17.6 Å². The maximum absolute atomic E-state index is 12.7. The minimum absolute atomic E-state index is 0.0134. The van der Waals surface area contributed by atoms with Crippen LogP contribution in [0.3, 0.4) is 0 Å². The molecule has 1 aromatic carbocycles. The number of nitrogens with one attached hydrogen (secondary N) is 1. The first kappa shape index (κ1) is 16.8. The molecule has 0 atom stereocenters. The summed E-state index contributed by atoms with van der Waals surface area (Å²) < 4.78 is 38.4. The van der Waals surface area contributed by atoms with Gasteiger partial charge >= 0.3 is 6.18 Å². The molecule has 0 unspecified atom stereocenters. The number of rotatable bonds is 5. The summed E-state index contributed by atoms with van der Waals surface area (Å²) >= 11 is 6.50. The van der Waals surface area contributed by atoms with Gasteiger partial charge in [0, 0.05) is 16.3 Å². The predicted molar refractivity (Wildman–Crippen MR) is 81.6 cm³/mol. The summed E-state index contributed by atoms with van der Waals surface area (Å²) in [6.45, 7) is 0.500. The maximum Gasteiger partial charge on any atom is 0.416 e. The van der Waals surface area contributed by atoms with E-state index in [1.165, 1.54) is 6.07 Å². The van der Waals surface area contributed by atoms with Gasteiger partial charge in [0.2, 0.25) is 0 Å². The number of hydrogen-bond donors (Lipinski definition) is 1. The van der Waals surface area contributed by atoms with Gasteiger partial charge in [0.05, 0.1) is 11.1 Å². The van der Waals surface area contributed by atoms with Gasteiger partial charge in [0.15, 0.2) is 0 Å². The van der Waals surface area contributed by atoms with Crippen LogP contribution >= 0.6 is 31.9 Å². The van der Waals surface area contributed by atoms with Gasteiger partial charge in [-0.2, -0.15) is 13.2 Å². The molecule has 0 heterocycles. The maximum atomic E-state index is 12.7. The average molecular weight is 429 g/mol. The summed E-state index contributed by atoms with van der Waals surface area (Å²) in [5, 5.41) is 3.61. The summed E-state index contributed by atoms with van der Waals surface area (Å²) in [7, 11) is 0. The Bertz CT molecular complexity index is 542. The van der Waals surface area contributed by atoms with Gasteiger partial charge in [-0.25, -0.2) is 0 Å². The van der Waals surface area contributed by atoms with Crippen molar-refractivity contribution in [2.75, 3.05) is 11.9 Å². The molecule has 0 radical (unpaired) electrons. The van der Waals surface area contributed by atoms with E-state index in [0.717, 1.165) is 36.7 Å². The summed E-state index contributed by atoms with van der Waals surface area (Å²) in [5.41, 5.74) is -0.690. The van der Waals surface area contributed by atoms with Crippen molar-refractivity contribution < 1.29 is 18.0 Å². The van der Waals surface area contributed by atoms with E-state index in [4.69, 9.17) is 0 Å². The van der Waals surface area contributed by atoms with E-state index in [1.54, 1.807) is 0 Å². The number of benzene rings is 1. The zero-order chi connectivity index (χ0) is 15.7. The lowest BCUT2D eigenvalue weighted by Crippen LogP contribution is -2.31. The summed E-state index contributed by atoms with van der Waals surface area (Å²) in [4.78, 5) is 12.1. The van der Waals surface area contributed by atoms with E-state index in [0.29, 0.717) is 11.0 Å². The molecule has 2 rings (SSSR count). The lowest BCUT2D eigenvalue weighted by Gasteiger charge is -2.16. The second-order valence-electron chi connectivity index (χ2n) is 5.31. The number of hydrogen-bond acceptors (Lipinski definition) is 1. The van der Waals surface area contributed by atoms with Crippen LogP contribution in [-0.4, -0.2) is 17.8 Å². The third kappa shape index (κ3) is 4.22. The molecule has 1 saturated carbocycles. The highest BCUT2D eigenvalue weighted by molar-refractivity contribution is 9.10. The first-order valence-corrected chi connectivity index (χ1v) is 8.40. The molecule has 1 amide bonds. The van der Waals surface area contributed by atoms with Crippen LogP contribution in [-0.2, 0) is 6.18 Å². The fraction of sp³-hybridized carbons (Fsp3) is 0.500. The Labute approximate surface area is 137 Å². The smallest absolute Gasteiger partial charge is 0.351 e. The standard InChI is InChI=1S/C14H14Br2F3NO/c15-6-5-13(3-4-13)8-20-12(21)10-7-9(14(17,18)19)1-2-11(10)16/h1-2,7H,3-6,8H2,(H,20,21). The Morgan fingerprint density at radius 3 is 2.52 bits per heavy atom. The number of carbonyl (C=O) groups excluding carboxylic acids is 1. The minimum Gasteiger partial charge on any atom is -0.351 e. The van der Waals surface area contributed by atoms with Crippen molar-refractivity contribution in [2.45, 2.75) is 25.4 Å². The number of alkyl halides is 4. The lowest BCUT2D eigenvalue weighted by molar-refractivity contribution is -0.137. The molecule has 1 N–H and O–H groups in total. The lowest BCUT2D eigenvalue weighted by atomic mass is 10.0. The Hall–Kier alpha value is -0.560. The molecule has 21 heavy (non-hydrogen) atoms. The first-order chi connectivity index (χ1) is 9.77. The van der Waals surface area contributed by atoms with E-state index in [1.807, 2.05) is 0 Å². The Balaban J connectivity index is 2.08. The molecule has 1 fully saturated rings. The topological polar surface area (TPSA) is 29.1 Å². The fourth-order valence-corrected chi connectivity index (χ4v) is 3.40. The van der Waals surface area contributed by atoms with Crippen molar-refractivity contribution in [1.82, 2.24) is 5.32 Å². The van der Waals surface area contributed by atoms with Crippen LogP contribution in [0.4, 0.5) is 13.2 Å². The van der Waals surface area contributed by atoms with E-state index in [9.17, 15) is 18.0 Å². The Kier molecular flexibility index (Phi) is 5.03. The molecule has 1 aliphatic carbocycles. The molecular weight excluding hydrogens is 415 g/mol. The second-order valence-corrected chi connectivity index (χ2v) is 6.96. The molecule has 0 aromatic heterocycles. The molecule has 116 valence electrons. The van der Waals surface area contributed by atoms with Crippen molar-refractivity contribution in [1.29, 1.82) is 0 Å². The van der Waals surface area contributed by atoms with Gasteiger partial charge in [0.25, 0.3) is 5.91 Å². The number of halogens is 5. The van der Waals surface area contributed by atoms with Gasteiger partial charge in [-0.3, -0.25) is 4.79 Å². The SMILES string of the molecule is O=C(NCC1(CCBr)CC1)c1cc(C(F)(F)F)ccc1Br. The third-order valence-corrected chi connectivity index (χ3v) is 4.83. The zero-order valence-electron chi connectivity index (χ0n) is 11.1. The number of carbonyl (C=O) groups is 1. The fourth-order valence-electron chi connectivity index (χ4n) is 2.13. The summed E-state index contributed by atoms with van der Waals surface area (Å²) in [6, 6.07) is 3.08. The monoisotopic (exact) mass is 427 g/mol. The van der Waals surface area contributed by atoms with Crippen LogP contribution in [0.5, 0.6) is 0 Å². The van der Waals surface area contributed by atoms with Crippen molar-refractivity contribution >= 4 is 37.8 Å². The number of amides is 1. The molecule has 1 aliphatic rings. The van der Waals surface area contributed by atoms with Crippen LogP contribution in [0, 0.1) is 5.41 Å². The van der Waals surface area contributed by atoms with Gasteiger partial charge in [-0.15, -0.1) is 0 Å². The van der Waals surface area contributed by atoms with Crippen LogP contribution in [0.1, 0.15) is 35.2 Å². The second kappa shape index (κ2) is 6.28. The predicted octanol–water partition coefficient (Wildman–Crippen LogP) is 4.76. The van der Waals surface area contributed by atoms with Crippen LogP contribution in [0.25, 0.3) is 0 Å². The van der Waals surface area contributed by atoms with Crippen molar-refractivity contribution in [3.05, 3.63) is 33.8 Å². The average Bonchev–Trinajstić information content (AvgIpc) is 3.16. The third-order valence-electron chi connectivity index (χ3n) is 3.74. The van der Waals surface area contributed by atoms with Crippen LogP contribution in [0.2, 0.25) is 0 Å². The molecule has 7 heteroatoms. The largest absolute Gasteiger partial charge is 0.416 e. The zero-order valence-corrected chi connectivity index (χ0v) is 14.2. The van der Waals surface area contributed by atoms with E-state index in [2.05, 4.69) is 37.2 Å². The van der Waals surface area contributed by atoms with Crippen LogP contribution < -0.4 is 5.32 Å². The summed E-state index contributed by atoms with van der Waals surface area (Å²) in [5.74, 6) is -0.478. The quantitative estimate of drug-likeness (QED) is 0.673. The first-order valence-electron chi connectivity index (χ1n) is 6.48.